The average molecular weight is 309 g/mol. The number of nitrogens with zero attached hydrogens (tertiary/aromatic N) is 1. The van der Waals surface area contributed by atoms with Crippen LogP contribution in [0.4, 0.5) is 0 Å². The average Bonchev–Trinajstić information content (AvgIpc) is 3.05. The summed E-state index contributed by atoms with van der Waals surface area (Å²) >= 11 is 0. The van der Waals surface area contributed by atoms with Crippen molar-refractivity contribution in [2.24, 2.45) is 0 Å². The zero-order valence-electron chi connectivity index (χ0n) is 13.4. The molecule has 1 unspecified atom stereocenters. The monoisotopic (exact) mass is 309 g/mol. The van der Waals surface area contributed by atoms with Crippen LogP contribution < -0.4 is 4.74 Å². The van der Waals surface area contributed by atoms with E-state index in [2.05, 4.69) is 12.1 Å². The molecule has 0 aliphatic carbocycles. The molecule has 2 aromatic rings. The number of likely N-dealkylation sites (tertiary alicyclic amines) is 1. The Morgan fingerprint density at radius 1 is 1.04 bits per heavy atom. The number of hydrogen-bond acceptors (Lipinski definition) is 2. The molecule has 3 rings (SSSR count). The van der Waals surface area contributed by atoms with Crippen LogP contribution in [0.15, 0.2) is 60.7 Å². The molecule has 3 nitrogen and oxygen atoms in total. The fraction of sp³-hybridized carbons (Fsp3) is 0.350. The van der Waals surface area contributed by atoms with Crippen molar-refractivity contribution >= 4 is 5.91 Å². The Kier molecular flexibility index (Phi) is 5.30. The molecular weight excluding hydrogens is 286 g/mol. The number of hydrogen-bond donors (Lipinski definition) is 0. The van der Waals surface area contributed by atoms with Crippen molar-refractivity contribution in [3.63, 3.8) is 0 Å². The van der Waals surface area contributed by atoms with Crippen molar-refractivity contribution in [1.82, 2.24) is 4.90 Å². The van der Waals surface area contributed by atoms with Gasteiger partial charge in [0.1, 0.15) is 11.9 Å². The highest BCUT2D eigenvalue weighted by atomic mass is 16.5. The number of ether oxygens (including phenoxy) is 1. The zero-order chi connectivity index (χ0) is 15.9. The molecule has 1 aliphatic heterocycles. The summed E-state index contributed by atoms with van der Waals surface area (Å²) in [7, 11) is 0. The van der Waals surface area contributed by atoms with E-state index in [9.17, 15) is 4.79 Å². The van der Waals surface area contributed by atoms with Crippen LogP contribution in [0.25, 0.3) is 0 Å². The van der Waals surface area contributed by atoms with Gasteiger partial charge in [0.2, 0.25) is 5.91 Å². The first-order chi connectivity index (χ1) is 11.3. The summed E-state index contributed by atoms with van der Waals surface area (Å²) in [6.07, 6.45) is 3.52. The van der Waals surface area contributed by atoms with E-state index in [1.165, 1.54) is 5.56 Å². The quantitative estimate of drug-likeness (QED) is 0.814. The van der Waals surface area contributed by atoms with Gasteiger partial charge in [-0.05, 0) is 30.5 Å². The lowest BCUT2D eigenvalue weighted by Gasteiger charge is -2.17. The van der Waals surface area contributed by atoms with E-state index in [1.807, 2.05) is 53.4 Å². The summed E-state index contributed by atoms with van der Waals surface area (Å²) in [6.45, 7) is 1.51. The van der Waals surface area contributed by atoms with Gasteiger partial charge in [-0.1, -0.05) is 48.5 Å². The van der Waals surface area contributed by atoms with E-state index in [0.717, 1.165) is 31.6 Å². The topological polar surface area (TPSA) is 29.5 Å². The number of carbonyl (C=O) groups is 1. The fourth-order valence-corrected chi connectivity index (χ4v) is 2.99. The Morgan fingerprint density at radius 2 is 1.74 bits per heavy atom. The smallest absolute Gasteiger partial charge is 0.222 e. The van der Waals surface area contributed by atoms with Gasteiger partial charge in [-0.2, -0.15) is 0 Å². The molecule has 0 radical (unpaired) electrons. The highest BCUT2D eigenvalue weighted by Gasteiger charge is 2.27. The van der Waals surface area contributed by atoms with Gasteiger partial charge < -0.3 is 9.64 Å². The van der Waals surface area contributed by atoms with Crippen LogP contribution in [0.3, 0.4) is 0 Å². The van der Waals surface area contributed by atoms with E-state index >= 15 is 0 Å². The van der Waals surface area contributed by atoms with Crippen LogP contribution in [0.5, 0.6) is 5.75 Å². The minimum absolute atomic E-state index is 0.121. The summed E-state index contributed by atoms with van der Waals surface area (Å²) < 4.78 is 5.94. The van der Waals surface area contributed by atoms with Crippen molar-refractivity contribution in [2.45, 2.75) is 31.8 Å². The second kappa shape index (κ2) is 7.82. The molecule has 0 saturated carbocycles. The number of benzene rings is 2. The standard InChI is InChI=1S/C20H23NO2/c22-20(13-7-10-17-8-3-1-4-9-17)21-15-14-19(16-21)23-18-11-5-2-6-12-18/h1-6,8-9,11-12,19H,7,10,13-16H2. The third-order valence-electron chi connectivity index (χ3n) is 4.24. The van der Waals surface area contributed by atoms with Crippen LogP contribution in [-0.2, 0) is 11.2 Å². The molecule has 1 atom stereocenters. The molecule has 0 spiro atoms. The molecule has 1 heterocycles. The number of amides is 1. The Labute approximate surface area is 137 Å². The van der Waals surface area contributed by atoms with Gasteiger partial charge in [0.15, 0.2) is 0 Å². The molecule has 0 aromatic heterocycles. The molecule has 120 valence electrons. The van der Waals surface area contributed by atoms with Crippen molar-refractivity contribution in [3.05, 3.63) is 66.2 Å². The summed E-state index contributed by atoms with van der Waals surface area (Å²) in [4.78, 5) is 14.2. The number of carbonyl (C=O) groups excluding carboxylic acids is 1. The van der Waals surface area contributed by atoms with E-state index in [4.69, 9.17) is 4.74 Å². The largest absolute Gasteiger partial charge is 0.489 e. The van der Waals surface area contributed by atoms with Crippen molar-refractivity contribution in [1.29, 1.82) is 0 Å². The Morgan fingerprint density at radius 3 is 2.48 bits per heavy atom. The number of rotatable bonds is 6. The molecule has 3 heteroatoms. The van der Waals surface area contributed by atoms with Gasteiger partial charge in [0.25, 0.3) is 0 Å². The highest BCUT2D eigenvalue weighted by molar-refractivity contribution is 5.76. The second-order valence-corrected chi connectivity index (χ2v) is 6.02. The normalized spacial score (nSPS) is 17.2. The molecular formula is C20H23NO2. The van der Waals surface area contributed by atoms with Crippen LogP contribution >= 0.6 is 0 Å². The van der Waals surface area contributed by atoms with E-state index in [1.54, 1.807) is 0 Å². The maximum Gasteiger partial charge on any atom is 0.222 e. The first-order valence-corrected chi connectivity index (χ1v) is 8.34. The lowest BCUT2D eigenvalue weighted by molar-refractivity contribution is -0.130. The molecule has 1 aliphatic rings. The molecule has 2 aromatic carbocycles. The van der Waals surface area contributed by atoms with Gasteiger partial charge in [0.05, 0.1) is 6.54 Å². The lowest BCUT2D eigenvalue weighted by atomic mass is 10.1. The van der Waals surface area contributed by atoms with Gasteiger partial charge in [-0.3, -0.25) is 4.79 Å². The molecule has 0 N–H and O–H groups in total. The third-order valence-corrected chi connectivity index (χ3v) is 4.24. The maximum atomic E-state index is 12.3. The summed E-state index contributed by atoms with van der Waals surface area (Å²) in [6, 6.07) is 20.2. The number of para-hydroxylation sites is 1. The summed E-state index contributed by atoms with van der Waals surface area (Å²) in [5.74, 6) is 1.14. The van der Waals surface area contributed by atoms with Gasteiger partial charge in [-0.15, -0.1) is 0 Å². The predicted octanol–water partition coefficient (Wildman–Crippen LogP) is 3.69. The molecule has 1 fully saturated rings. The van der Waals surface area contributed by atoms with Crippen molar-refractivity contribution in [3.8, 4) is 5.75 Å². The first kappa shape index (κ1) is 15.6. The first-order valence-electron chi connectivity index (χ1n) is 8.34. The van der Waals surface area contributed by atoms with Crippen molar-refractivity contribution < 1.29 is 9.53 Å². The van der Waals surface area contributed by atoms with E-state index in [-0.39, 0.29) is 12.0 Å². The maximum absolute atomic E-state index is 12.3. The second-order valence-electron chi connectivity index (χ2n) is 6.02. The van der Waals surface area contributed by atoms with Crippen LogP contribution in [-0.4, -0.2) is 30.0 Å². The minimum atomic E-state index is 0.121. The minimum Gasteiger partial charge on any atom is -0.489 e. The van der Waals surface area contributed by atoms with Gasteiger partial charge in [-0.25, -0.2) is 0 Å². The lowest BCUT2D eigenvalue weighted by Crippen LogP contribution is -2.30. The van der Waals surface area contributed by atoms with Crippen molar-refractivity contribution in [2.75, 3.05) is 13.1 Å². The zero-order valence-corrected chi connectivity index (χ0v) is 13.4. The van der Waals surface area contributed by atoms with Crippen LogP contribution in [0.2, 0.25) is 0 Å². The van der Waals surface area contributed by atoms with Gasteiger partial charge >= 0.3 is 0 Å². The van der Waals surface area contributed by atoms with E-state index < -0.39 is 0 Å². The fourth-order valence-electron chi connectivity index (χ4n) is 2.99. The number of aryl methyl sites for hydroxylation is 1. The Bertz CT molecular complexity index is 612. The van der Waals surface area contributed by atoms with Crippen LogP contribution in [0, 0.1) is 0 Å². The molecule has 23 heavy (non-hydrogen) atoms. The molecule has 1 saturated heterocycles. The SMILES string of the molecule is O=C(CCCc1ccccc1)N1CCC(Oc2ccccc2)C1. The van der Waals surface area contributed by atoms with E-state index in [0.29, 0.717) is 13.0 Å². The Balaban J connectivity index is 1.41. The molecule has 1 amide bonds. The summed E-state index contributed by atoms with van der Waals surface area (Å²) in [5.41, 5.74) is 1.30. The van der Waals surface area contributed by atoms with Gasteiger partial charge in [0, 0.05) is 19.4 Å². The van der Waals surface area contributed by atoms with Crippen LogP contribution in [0.1, 0.15) is 24.8 Å². The molecule has 0 bridgehead atoms. The highest BCUT2D eigenvalue weighted by Crippen LogP contribution is 2.19. The predicted molar refractivity (Wildman–Crippen MR) is 91.4 cm³/mol. The third kappa shape index (κ3) is 4.59. The summed E-state index contributed by atoms with van der Waals surface area (Å²) in [5, 5.41) is 0. The Hall–Kier alpha value is -2.29.